The highest BCUT2D eigenvalue weighted by Gasteiger charge is 2.10. The van der Waals surface area contributed by atoms with Gasteiger partial charge in [0.2, 0.25) is 11.0 Å². The molecule has 2 N–H and O–H groups in total. The van der Waals surface area contributed by atoms with E-state index in [1.807, 2.05) is 55.5 Å². The molecule has 0 atom stereocenters. The molecule has 3 aromatic heterocycles. The van der Waals surface area contributed by atoms with Crippen LogP contribution in [0, 0.1) is 0 Å². The highest BCUT2D eigenvalue weighted by Crippen LogP contribution is 2.30. The first-order valence-electron chi connectivity index (χ1n) is 9.85. The van der Waals surface area contributed by atoms with Crippen molar-refractivity contribution in [3.63, 3.8) is 0 Å². The summed E-state index contributed by atoms with van der Waals surface area (Å²) in [5.41, 5.74) is 1.52. The Kier molecular flexibility index (Phi) is 6.83. The largest absolute Gasteiger partial charge is 0.490 e. The van der Waals surface area contributed by atoms with Gasteiger partial charge in [-0.05, 0) is 36.8 Å². The van der Waals surface area contributed by atoms with E-state index in [0.29, 0.717) is 46.4 Å². The van der Waals surface area contributed by atoms with Gasteiger partial charge in [-0.1, -0.05) is 35.6 Å². The maximum atomic E-state index is 12.2. The second-order valence-corrected chi connectivity index (χ2v) is 7.40. The number of nitrogens with zero attached hydrogens (tertiary/aromatic N) is 4. The van der Waals surface area contributed by atoms with Gasteiger partial charge in [0.05, 0.1) is 6.61 Å². The molecule has 0 bridgehead atoms. The molecule has 0 radical (unpaired) electrons. The second-order valence-electron chi connectivity index (χ2n) is 6.42. The van der Waals surface area contributed by atoms with Gasteiger partial charge in [0.25, 0.3) is 0 Å². The summed E-state index contributed by atoms with van der Waals surface area (Å²) in [6.07, 6.45) is 3.32. The smallest absolute Gasteiger partial charge is 0.321 e. The topological polar surface area (TPSA) is 111 Å². The van der Waals surface area contributed by atoms with Crippen molar-refractivity contribution in [3.05, 3.63) is 72.6 Å². The normalized spacial score (nSPS) is 10.4. The fourth-order valence-electron chi connectivity index (χ4n) is 2.69. The Balaban J connectivity index is 1.29. The molecule has 0 unspecified atom stereocenters. The third-order valence-electron chi connectivity index (χ3n) is 4.14. The van der Waals surface area contributed by atoms with Crippen LogP contribution in [0.25, 0.3) is 10.7 Å². The fraction of sp³-hybridized carbons (Fsp3) is 0.136. The highest BCUT2D eigenvalue weighted by atomic mass is 32.1. The summed E-state index contributed by atoms with van der Waals surface area (Å²) >= 11 is 1.25. The van der Waals surface area contributed by atoms with Crippen molar-refractivity contribution >= 4 is 22.5 Å². The van der Waals surface area contributed by atoms with Crippen LogP contribution in [0.4, 0.5) is 9.93 Å². The zero-order valence-corrected chi connectivity index (χ0v) is 18.0. The zero-order valence-electron chi connectivity index (χ0n) is 17.2. The Hall–Kier alpha value is -4.05. The summed E-state index contributed by atoms with van der Waals surface area (Å²) in [6, 6.07) is 16.1. The van der Waals surface area contributed by atoms with Crippen molar-refractivity contribution < 1.29 is 14.3 Å². The summed E-state index contributed by atoms with van der Waals surface area (Å²) in [4.78, 5) is 20.7. The van der Waals surface area contributed by atoms with Gasteiger partial charge in [-0.15, -0.1) is 10.2 Å². The number of carbonyl (C=O) groups excluding carboxylic acids is 1. The minimum atomic E-state index is -0.389. The van der Waals surface area contributed by atoms with Crippen LogP contribution in [-0.2, 0) is 6.54 Å². The molecule has 0 spiro atoms. The van der Waals surface area contributed by atoms with E-state index >= 15 is 0 Å². The average Bonchev–Trinajstić information content (AvgIpc) is 3.29. The van der Waals surface area contributed by atoms with Crippen LogP contribution < -0.4 is 20.1 Å². The van der Waals surface area contributed by atoms with E-state index in [4.69, 9.17) is 9.47 Å². The summed E-state index contributed by atoms with van der Waals surface area (Å²) in [6.45, 7) is 2.75. The number of urea groups is 1. The molecule has 3 heterocycles. The maximum Gasteiger partial charge on any atom is 0.321 e. The molecule has 32 heavy (non-hydrogen) atoms. The molecular weight excluding hydrogens is 428 g/mol. The number of carbonyl (C=O) groups is 1. The Labute approximate surface area is 188 Å². The van der Waals surface area contributed by atoms with E-state index in [-0.39, 0.29) is 6.03 Å². The average molecular weight is 449 g/mol. The lowest BCUT2D eigenvalue weighted by atomic mass is 10.3. The Morgan fingerprint density at radius 3 is 2.59 bits per heavy atom. The van der Waals surface area contributed by atoms with Crippen LogP contribution in [0.3, 0.4) is 0 Å². The highest BCUT2D eigenvalue weighted by molar-refractivity contribution is 7.18. The van der Waals surface area contributed by atoms with E-state index in [2.05, 4.69) is 30.8 Å². The second kappa shape index (κ2) is 10.3. The van der Waals surface area contributed by atoms with Crippen molar-refractivity contribution in [1.29, 1.82) is 0 Å². The number of pyridine rings is 2. The van der Waals surface area contributed by atoms with Crippen molar-refractivity contribution in [2.45, 2.75) is 13.5 Å². The van der Waals surface area contributed by atoms with Crippen LogP contribution in [-0.4, -0.2) is 32.8 Å². The van der Waals surface area contributed by atoms with Crippen molar-refractivity contribution in [1.82, 2.24) is 25.5 Å². The Morgan fingerprint density at radius 1 is 1.00 bits per heavy atom. The van der Waals surface area contributed by atoms with E-state index in [1.165, 1.54) is 11.3 Å². The fourth-order valence-corrected chi connectivity index (χ4v) is 3.40. The van der Waals surface area contributed by atoms with Gasteiger partial charge in [-0.2, -0.15) is 0 Å². The van der Waals surface area contributed by atoms with Crippen molar-refractivity contribution in [3.8, 4) is 28.1 Å². The SMILES string of the molecule is CCOc1ccccc1Oc1ccc(CNC(=O)Nc2nnc(-c3ccccn3)s2)cn1. The quantitative estimate of drug-likeness (QED) is 0.408. The van der Waals surface area contributed by atoms with E-state index < -0.39 is 0 Å². The number of anilines is 1. The summed E-state index contributed by atoms with van der Waals surface area (Å²) in [5.74, 6) is 1.68. The molecule has 4 aromatic rings. The van der Waals surface area contributed by atoms with Gasteiger partial charge in [-0.25, -0.2) is 9.78 Å². The van der Waals surface area contributed by atoms with Gasteiger partial charge in [0, 0.05) is 25.0 Å². The minimum Gasteiger partial charge on any atom is -0.490 e. The van der Waals surface area contributed by atoms with Crippen LogP contribution in [0.2, 0.25) is 0 Å². The standard InChI is InChI=1S/C22H20N6O3S/c1-2-30-17-8-3-4-9-18(17)31-19-11-10-15(13-24-19)14-25-21(29)26-22-28-27-20(32-22)16-7-5-6-12-23-16/h3-13H,2,14H2,1H3,(H2,25,26,28,29). The molecule has 0 fully saturated rings. The molecule has 2 amide bonds. The van der Waals surface area contributed by atoms with E-state index in [1.54, 1.807) is 18.5 Å². The Bertz CT molecular complexity index is 1170. The number of hydrogen-bond acceptors (Lipinski definition) is 8. The van der Waals surface area contributed by atoms with Gasteiger partial charge in [0.1, 0.15) is 5.69 Å². The third kappa shape index (κ3) is 5.55. The predicted molar refractivity (Wildman–Crippen MR) is 121 cm³/mol. The van der Waals surface area contributed by atoms with Crippen LogP contribution in [0.15, 0.2) is 67.0 Å². The molecule has 162 valence electrons. The van der Waals surface area contributed by atoms with Gasteiger partial charge in [0.15, 0.2) is 16.5 Å². The number of rotatable bonds is 8. The number of benzene rings is 1. The summed E-state index contributed by atoms with van der Waals surface area (Å²) in [5, 5.41) is 14.5. The van der Waals surface area contributed by atoms with Crippen molar-refractivity contribution in [2.24, 2.45) is 0 Å². The Morgan fingerprint density at radius 2 is 1.84 bits per heavy atom. The lowest BCUT2D eigenvalue weighted by molar-refractivity contribution is 0.251. The first kappa shape index (κ1) is 21.2. The van der Waals surface area contributed by atoms with E-state index in [0.717, 1.165) is 5.56 Å². The minimum absolute atomic E-state index is 0.292. The molecule has 0 saturated carbocycles. The molecule has 0 aliphatic carbocycles. The number of aromatic nitrogens is 4. The predicted octanol–water partition coefficient (Wildman–Crippen LogP) is 4.51. The maximum absolute atomic E-state index is 12.2. The lowest BCUT2D eigenvalue weighted by Crippen LogP contribution is -2.28. The summed E-state index contributed by atoms with van der Waals surface area (Å²) < 4.78 is 11.4. The molecule has 9 nitrogen and oxygen atoms in total. The van der Waals surface area contributed by atoms with Gasteiger partial charge in [-0.3, -0.25) is 10.3 Å². The number of hydrogen-bond donors (Lipinski definition) is 2. The van der Waals surface area contributed by atoms with Crippen LogP contribution in [0.5, 0.6) is 17.4 Å². The molecular formula is C22H20N6O3S. The number of nitrogens with one attached hydrogen (secondary N) is 2. The molecule has 0 aliphatic heterocycles. The van der Waals surface area contributed by atoms with Crippen LogP contribution >= 0.6 is 11.3 Å². The third-order valence-corrected chi connectivity index (χ3v) is 5.00. The van der Waals surface area contributed by atoms with Gasteiger partial charge < -0.3 is 14.8 Å². The van der Waals surface area contributed by atoms with E-state index in [9.17, 15) is 4.79 Å². The molecule has 0 saturated heterocycles. The van der Waals surface area contributed by atoms with Crippen LogP contribution in [0.1, 0.15) is 12.5 Å². The molecule has 4 rings (SSSR count). The first-order chi connectivity index (χ1) is 15.7. The number of para-hydroxylation sites is 2. The van der Waals surface area contributed by atoms with Gasteiger partial charge >= 0.3 is 6.03 Å². The van der Waals surface area contributed by atoms with Crippen molar-refractivity contribution in [2.75, 3.05) is 11.9 Å². The summed E-state index contributed by atoms with van der Waals surface area (Å²) in [7, 11) is 0. The first-order valence-corrected chi connectivity index (χ1v) is 10.7. The number of amides is 2. The monoisotopic (exact) mass is 448 g/mol. The zero-order chi connectivity index (χ0) is 22.2. The molecule has 10 heteroatoms. The number of ether oxygens (including phenoxy) is 2. The molecule has 1 aromatic carbocycles. The molecule has 0 aliphatic rings. The lowest BCUT2D eigenvalue weighted by Gasteiger charge is -2.11.